The van der Waals surface area contributed by atoms with Gasteiger partial charge in [0.25, 0.3) is 0 Å². The lowest BCUT2D eigenvalue weighted by Crippen LogP contribution is -2.08. The average Bonchev–Trinajstić information content (AvgIpc) is 3.46. The van der Waals surface area contributed by atoms with E-state index >= 15 is 0 Å². The molecule has 1 N–H and O–H groups in total. The monoisotopic (exact) mass is 424 g/mol. The van der Waals surface area contributed by atoms with Crippen molar-refractivity contribution in [1.29, 1.82) is 0 Å². The van der Waals surface area contributed by atoms with Crippen LogP contribution in [0.2, 0.25) is 5.28 Å². The lowest BCUT2D eigenvalue weighted by atomic mass is 10.1. The van der Waals surface area contributed by atoms with Crippen LogP contribution in [0.5, 0.6) is 0 Å². The Morgan fingerprint density at radius 2 is 1.90 bits per heavy atom. The van der Waals surface area contributed by atoms with E-state index in [0.29, 0.717) is 23.6 Å². The molecule has 9 heteroatoms. The maximum atomic E-state index is 6.05. The first-order valence-corrected chi connectivity index (χ1v) is 10.6. The zero-order chi connectivity index (χ0) is 21.1. The zero-order valence-corrected chi connectivity index (χ0v) is 18.1. The van der Waals surface area contributed by atoms with E-state index in [9.17, 15) is 0 Å². The van der Waals surface area contributed by atoms with Gasteiger partial charge in [0, 0.05) is 17.8 Å². The smallest absolute Gasteiger partial charge is 0.242 e. The van der Waals surface area contributed by atoms with Gasteiger partial charge in [0.1, 0.15) is 5.82 Å². The first-order valence-electron chi connectivity index (χ1n) is 10.2. The maximum absolute atomic E-state index is 6.05. The van der Waals surface area contributed by atoms with Crippen molar-refractivity contribution in [2.24, 2.45) is 0 Å². The van der Waals surface area contributed by atoms with Gasteiger partial charge in [0.05, 0.1) is 12.2 Å². The van der Waals surface area contributed by atoms with Gasteiger partial charge in [-0.1, -0.05) is 39.3 Å². The minimum Gasteiger partial charge on any atom is -0.310 e. The summed E-state index contributed by atoms with van der Waals surface area (Å²) in [6.07, 6.45) is 3.05. The molecule has 0 atom stereocenters. The van der Waals surface area contributed by atoms with Gasteiger partial charge in [-0.2, -0.15) is 5.21 Å². The molecule has 0 spiro atoms. The molecule has 3 heterocycles. The highest BCUT2D eigenvalue weighted by Crippen LogP contribution is 2.28. The van der Waals surface area contributed by atoms with Crippen molar-refractivity contribution in [1.82, 2.24) is 40.0 Å². The molecule has 0 aliphatic heterocycles. The van der Waals surface area contributed by atoms with Gasteiger partial charge in [-0.3, -0.25) is 0 Å². The molecule has 0 amide bonds. The van der Waals surface area contributed by atoms with E-state index < -0.39 is 0 Å². The molecular formula is C21H25ClN8. The number of nitrogens with zero attached hydrogens (tertiary/aromatic N) is 7. The van der Waals surface area contributed by atoms with Gasteiger partial charge < -0.3 is 4.57 Å². The van der Waals surface area contributed by atoms with E-state index in [-0.39, 0.29) is 0 Å². The van der Waals surface area contributed by atoms with Gasteiger partial charge in [-0.25, -0.2) is 9.67 Å². The van der Waals surface area contributed by atoms with Crippen LogP contribution in [-0.4, -0.2) is 40.0 Å². The minimum absolute atomic E-state index is 0.302. The summed E-state index contributed by atoms with van der Waals surface area (Å²) in [5, 5.41) is 19.2. The molecule has 4 rings (SSSR count). The third kappa shape index (κ3) is 4.14. The van der Waals surface area contributed by atoms with Crippen LogP contribution in [-0.2, 0) is 13.0 Å². The van der Waals surface area contributed by atoms with Crippen LogP contribution >= 0.6 is 11.6 Å². The molecule has 1 aromatic carbocycles. The number of unbranched alkanes of at least 4 members (excludes halogenated alkanes) is 1. The molecule has 0 saturated carbocycles. The van der Waals surface area contributed by atoms with Crippen molar-refractivity contribution in [3.05, 3.63) is 58.8 Å². The summed E-state index contributed by atoms with van der Waals surface area (Å²) in [5.74, 6) is 1.85. The number of aryl methyl sites for hydroxylation is 1. The predicted octanol–water partition coefficient (Wildman–Crippen LogP) is 4.42. The Balaban J connectivity index is 1.63. The van der Waals surface area contributed by atoms with E-state index in [2.05, 4.69) is 86.4 Å². The summed E-state index contributed by atoms with van der Waals surface area (Å²) in [6, 6.07) is 12.6. The van der Waals surface area contributed by atoms with Crippen LogP contribution in [0.25, 0.3) is 17.2 Å². The number of tetrazole rings is 1. The number of benzene rings is 1. The average molecular weight is 425 g/mol. The van der Waals surface area contributed by atoms with Gasteiger partial charge in [-0.15, -0.1) is 15.3 Å². The SMILES string of the molecule is CCCCc1nc(Cl)nn1Cc1ccc(-n2c(-c3nn[nH]n3)ccc2C(C)C)cc1. The molecule has 0 radical (unpaired) electrons. The van der Waals surface area contributed by atoms with Crippen LogP contribution < -0.4 is 0 Å². The van der Waals surface area contributed by atoms with E-state index in [1.54, 1.807) is 0 Å². The number of hydrogen-bond donors (Lipinski definition) is 1. The summed E-state index contributed by atoms with van der Waals surface area (Å²) in [7, 11) is 0. The van der Waals surface area contributed by atoms with Crippen molar-refractivity contribution in [3.63, 3.8) is 0 Å². The second-order valence-electron chi connectivity index (χ2n) is 7.59. The molecule has 0 fully saturated rings. The summed E-state index contributed by atoms with van der Waals surface area (Å²) in [6.45, 7) is 7.15. The number of H-pyrrole nitrogens is 1. The largest absolute Gasteiger partial charge is 0.310 e. The molecular weight excluding hydrogens is 400 g/mol. The fourth-order valence-corrected chi connectivity index (χ4v) is 3.74. The standard InChI is InChI=1S/C21H25ClN8/c1-4-5-6-19-23-21(22)26-29(19)13-15-7-9-16(10-8-15)30-17(14(2)3)11-12-18(30)20-24-27-28-25-20/h7-12,14H,4-6,13H2,1-3H3,(H,24,25,27,28). The van der Waals surface area contributed by atoms with Gasteiger partial charge >= 0.3 is 0 Å². The fraction of sp³-hybridized carbons (Fsp3) is 0.381. The van der Waals surface area contributed by atoms with Crippen molar-refractivity contribution >= 4 is 11.6 Å². The Labute approximate surface area is 180 Å². The summed E-state index contributed by atoms with van der Waals surface area (Å²) in [5.41, 5.74) is 4.28. The third-order valence-corrected chi connectivity index (χ3v) is 5.24. The third-order valence-electron chi connectivity index (χ3n) is 5.08. The van der Waals surface area contributed by atoms with Crippen LogP contribution in [0.15, 0.2) is 36.4 Å². The molecule has 0 aliphatic rings. The molecule has 4 aromatic rings. The van der Waals surface area contributed by atoms with Crippen LogP contribution in [0.3, 0.4) is 0 Å². The molecule has 0 bridgehead atoms. The number of halogens is 1. The Morgan fingerprint density at radius 1 is 1.10 bits per heavy atom. The van der Waals surface area contributed by atoms with Gasteiger partial charge in [-0.05, 0) is 59.0 Å². The van der Waals surface area contributed by atoms with Crippen molar-refractivity contribution in [2.45, 2.75) is 52.5 Å². The van der Waals surface area contributed by atoms with E-state index in [1.165, 1.54) is 5.69 Å². The summed E-state index contributed by atoms with van der Waals surface area (Å²) in [4.78, 5) is 4.36. The molecule has 30 heavy (non-hydrogen) atoms. The Morgan fingerprint density at radius 3 is 2.57 bits per heavy atom. The zero-order valence-electron chi connectivity index (χ0n) is 17.4. The Bertz CT molecular complexity index is 1090. The van der Waals surface area contributed by atoms with Crippen molar-refractivity contribution in [2.75, 3.05) is 0 Å². The Kier molecular flexibility index (Phi) is 5.94. The molecule has 3 aromatic heterocycles. The lowest BCUT2D eigenvalue weighted by molar-refractivity contribution is 0.618. The number of aromatic nitrogens is 8. The molecule has 0 saturated heterocycles. The lowest BCUT2D eigenvalue weighted by Gasteiger charge is -2.15. The quantitative estimate of drug-likeness (QED) is 0.452. The predicted molar refractivity (Wildman–Crippen MR) is 116 cm³/mol. The first-order chi connectivity index (χ1) is 14.6. The fourth-order valence-electron chi connectivity index (χ4n) is 3.55. The van der Waals surface area contributed by atoms with Crippen molar-refractivity contribution < 1.29 is 0 Å². The molecule has 0 unspecified atom stereocenters. The maximum Gasteiger partial charge on any atom is 0.242 e. The number of aromatic amines is 1. The van der Waals surface area contributed by atoms with E-state index in [4.69, 9.17) is 11.6 Å². The number of nitrogens with one attached hydrogen (secondary N) is 1. The van der Waals surface area contributed by atoms with Crippen LogP contribution in [0.1, 0.15) is 56.6 Å². The highest BCUT2D eigenvalue weighted by Gasteiger charge is 2.17. The first kappa shape index (κ1) is 20.3. The van der Waals surface area contributed by atoms with Crippen LogP contribution in [0, 0.1) is 0 Å². The molecule has 8 nitrogen and oxygen atoms in total. The van der Waals surface area contributed by atoms with E-state index in [0.717, 1.165) is 42.0 Å². The summed E-state index contributed by atoms with van der Waals surface area (Å²) >= 11 is 6.05. The molecule has 0 aliphatic carbocycles. The van der Waals surface area contributed by atoms with Crippen molar-refractivity contribution in [3.8, 4) is 17.2 Å². The Hall–Kier alpha value is -3.00. The number of hydrogen-bond acceptors (Lipinski definition) is 5. The van der Waals surface area contributed by atoms with E-state index in [1.807, 2.05) is 10.7 Å². The number of rotatable bonds is 8. The highest BCUT2D eigenvalue weighted by atomic mass is 35.5. The topological polar surface area (TPSA) is 90.1 Å². The highest BCUT2D eigenvalue weighted by molar-refractivity contribution is 6.28. The van der Waals surface area contributed by atoms with Gasteiger partial charge in [0.2, 0.25) is 11.1 Å². The normalized spacial score (nSPS) is 11.5. The van der Waals surface area contributed by atoms with Crippen LogP contribution in [0.4, 0.5) is 0 Å². The second-order valence-corrected chi connectivity index (χ2v) is 7.93. The minimum atomic E-state index is 0.302. The van der Waals surface area contributed by atoms with Gasteiger partial charge in [0.15, 0.2) is 0 Å². The second kappa shape index (κ2) is 8.79. The molecule has 156 valence electrons. The summed E-state index contributed by atoms with van der Waals surface area (Å²) < 4.78 is 4.07.